The molecule has 0 aliphatic heterocycles. The molecule has 0 saturated heterocycles. The second-order valence-corrected chi connectivity index (χ2v) is 7.29. The predicted octanol–water partition coefficient (Wildman–Crippen LogP) is 4.09. The van der Waals surface area contributed by atoms with E-state index in [1.54, 1.807) is 13.8 Å². The van der Waals surface area contributed by atoms with Crippen LogP contribution in [0, 0.1) is 13.8 Å². The maximum atomic E-state index is 11.8. The van der Waals surface area contributed by atoms with E-state index >= 15 is 0 Å². The Morgan fingerprint density at radius 2 is 1.81 bits per heavy atom. The minimum Gasteiger partial charge on any atom is -0.507 e. The first-order valence-electron chi connectivity index (χ1n) is 7.30. The first-order chi connectivity index (χ1) is 9.40. The van der Waals surface area contributed by atoms with Gasteiger partial charge in [-0.15, -0.1) is 0 Å². The fraction of sp³-hybridized carbons (Fsp3) is 0.556. The average Bonchev–Trinajstić information content (AvgIpc) is 2.26. The van der Waals surface area contributed by atoms with Crippen molar-refractivity contribution in [3.8, 4) is 5.75 Å². The Kier molecular flexibility index (Phi) is 5.08. The summed E-state index contributed by atoms with van der Waals surface area (Å²) in [5.41, 5.74) is 1.94. The molecule has 1 aromatic rings. The van der Waals surface area contributed by atoms with Gasteiger partial charge in [0.2, 0.25) is 0 Å². The number of hydrogen-bond donors (Lipinski definition) is 1. The largest absolute Gasteiger partial charge is 0.507 e. The fourth-order valence-electron chi connectivity index (χ4n) is 2.18. The molecule has 0 saturated carbocycles. The van der Waals surface area contributed by atoms with Gasteiger partial charge >= 0.3 is 5.97 Å². The highest BCUT2D eigenvalue weighted by atomic mass is 16.6. The van der Waals surface area contributed by atoms with E-state index < -0.39 is 5.60 Å². The summed E-state index contributed by atoms with van der Waals surface area (Å²) >= 11 is 0. The first kappa shape index (κ1) is 17.5. The summed E-state index contributed by atoms with van der Waals surface area (Å²) in [6.07, 6.45) is 0.909. The van der Waals surface area contributed by atoms with Gasteiger partial charge in [-0.1, -0.05) is 32.9 Å². The van der Waals surface area contributed by atoms with Gasteiger partial charge in [0.05, 0.1) is 0 Å². The molecule has 0 spiro atoms. The fourth-order valence-corrected chi connectivity index (χ4v) is 2.18. The molecule has 1 N–H and O–H groups in total. The molecule has 3 heteroatoms. The lowest BCUT2D eigenvalue weighted by atomic mass is 9.83. The normalized spacial score (nSPS) is 12.3. The molecule has 0 aliphatic carbocycles. The second kappa shape index (κ2) is 6.08. The summed E-state index contributed by atoms with van der Waals surface area (Å²) in [7, 11) is 0. The van der Waals surface area contributed by atoms with Gasteiger partial charge in [-0.25, -0.2) is 0 Å². The third-order valence-electron chi connectivity index (χ3n) is 3.18. The monoisotopic (exact) mass is 291 g/mol. The lowest BCUT2D eigenvalue weighted by molar-refractivity contribution is -0.152. The third-order valence-corrected chi connectivity index (χ3v) is 3.18. The van der Waals surface area contributed by atoms with Gasteiger partial charge in [0.1, 0.15) is 11.4 Å². The molecule has 1 radical (unpaired) electrons. The maximum Gasteiger partial charge on any atom is 0.306 e. The molecular weight excluding hydrogens is 264 g/mol. The smallest absolute Gasteiger partial charge is 0.306 e. The van der Waals surface area contributed by atoms with Crippen molar-refractivity contribution in [3.63, 3.8) is 0 Å². The molecule has 0 aliphatic rings. The third kappa shape index (κ3) is 5.41. The van der Waals surface area contributed by atoms with E-state index in [0.29, 0.717) is 18.6 Å². The number of ether oxygens (including phenoxy) is 1. The average molecular weight is 291 g/mol. The van der Waals surface area contributed by atoms with Crippen LogP contribution in [0.25, 0.3) is 0 Å². The highest BCUT2D eigenvalue weighted by Gasteiger charge is 2.21. The van der Waals surface area contributed by atoms with Crippen LogP contribution in [0.15, 0.2) is 12.1 Å². The number of hydrogen-bond acceptors (Lipinski definition) is 3. The molecule has 0 bridgehead atoms. The summed E-state index contributed by atoms with van der Waals surface area (Å²) < 4.78 is 5.21. The van der Waals surface area contributed by atoms with Gasteiger partial charge in [0.25, 0.3) is 0 Å². The van der Waals surface area contributed by atoms with Crippen LogP contribution < -0.4 is 0 Å². The van der Waals surface area contributed by atoms with E-state index in [4.69, 9.17) is 4.74 Å². The zero-order valence-corrected chi connectivity index (χ0v) is 14.0. The first-order valence-corrected chi connectivity index (χ1v) is 7.30. The Morgan fingerprint density at radius 1 is 1.24 bits per heavy atom. The van der Waals surface area contributed by atoms with Gasteiger partial charge in [-0.2, -0.15) is 0 Å². The minimum atomic E-state index is -0.696. The van der Waals surface area contributed by atoms with Crippen molar-refractivity contribution >= 4 is 5.97 Å². The number of rotatable bonds is 4. The molecule has 0 heterocycles. The number of carbonyl (C=O) groups excluding carboxylic acids is 1. The lowest BCUT2D eigenvalue weighted by Crippen LogP contribution is -2.24. The van der Waals surface area contributed by atoms with E-state index in [0.717, 1.165) is 16.7 Å². The van der Waals surface area contributed by atoms with Gasteiger partial charge in [0, 0.05) is 6.42 Å². The van der Waals surface area contributed by atoms with Gasteiger partial charge in [-0.05, 0) is 56.2 Å². The van der Waals surface area contributed by atoms with E-state index in [-0.39, 0.29) is 11.4 Å². The molecule has 1 rings (SSSR count). The Morgan fingerprint density at radius 3 is 2.29 bits per heavy atom. The number of phenols is 1. The van der Waals surface area contributed by atoms with E-state index in [9.17, 15) is 9.90 Å². The standard InChI is InChI=1S/C18H27O3/c1-12-10-13(8-9-15(19)21-18(5,6)7)11-14(16(12)20)17(2,3)4/h10-11,20H,5,8-9H2,1-4,6-7H3. The van der Waals surface area contributed by atoms with Gasteiger partial charge in [0.15, 0.2) is 0 Å². The number of benzene rings is 1. The second-order valence-electron chi connectivity index (χ2n) is 7.29. The van der Waals surface area contributed by atoms with Crippen molar-refractivity contribution in [2.24, 2.45) is 0 Å². The van der Waals surface area contributed by atoms with Crippen LogP contribution >= 0.6 is 0 Å². The van der Waals surface area contributed by atoms with Crippen LogP contribution in [-0.4, -0.2) is 16.7 Å². The van der Waals surface area contributed by atoms with Crippen molar-refractivity contribution in [2.45, 2.75) is 65.4 Å². The summed E-state index contributed by atoms with van der Waals surface area (Å²) in [5.74, 6) is 0.0887. The van der Waals surface area contributed by atoms with Crippen LogP contribution in [0.5, 0.6) is 5.75 Å². The molecule has 0 unspecified atom stereocenters. The summed E-state index contributed by atoms with van der Waals surface area (Å²) in [6, 6.07) is 3.90. The van der Waals surface area contributed by atoms with Crippen LogP contribution in [0.4, 0.5) is 0 Å². The van der Waals surface area contributed by atoms with Gasteiger partial charge < -0.3 is 9.84 Å². The van der Waals surface area contributed by atoms with Crippen molar-refractivity contribution in [1.82, 2.24) is 0 Å². The molecule has 0 aromatic heterocycles. The maximum absolute atomic E-state index is 11.8. The van der Waals surface area contributed by atoms with Crippen molar-refractivity contribution in [2.75, 3.05) is 0 Å². The molecule has 0 atom stereocenters. The number of aromatic hydroxyl groups is 1. The molecule has 0 amide bonds. The van der Waals surface area contributed by atoms with Crippen molar-refractivity contribution < 1.29 is 14.6 Å². The highest BCUT2D eigenvalue weighted by Crippen LogP contribution is 2.34. The Balaban J connectivity index is 2.86. The summed E-state index contributed by atoms with van der Waals surface area (Å²) in [4.78, 5) is 11.8. The van der Waals surface area contributed by atoms with Crippen molar-refractivity contribution in [1.29, 1.82) is 0 Å². The molecular formula is C18H27O3. The highest BCUT2D eigenvalue weighted by molar-refractivity contribution is 5.70. The molecule has 3 nitrogen and oxygen atoms in total. The zero-order chi connectivity index (χ0) is 16.4. The Labute approximate surface area is 128 Å². The summed E-state index contributed by atoms with van der Waals surface area (Å²) in [6.45, 7) is 15.3. The molecule has 0 fully saturated rings. The molecule has 117 valence electrons. The lowest BCUT2D eigenvalue weighted by Gasteiger charge is -2.23. The van der Waals surface area contributed by atoms with Crippen LogP contribution in [0.3, 0.4) is 0 Å². The number of carbonyl (C=O) groups is 1. The van der Waals surface area contributed by atoms with Crippen LogP contribution in [0.1, 0.15) is 57.7 Å². The predicted molar refractivity (Wildman–Crippen MR) is 85.4 cm³/mol. The van der Waals surface area contributed by atoms with Crippen molar-refractivity contribution in [3.05, 3.63) is 35.7 Å². The Hall–Kier alpha value is -1.51. The molecule has 21 heavy (non-hydrogen) atoms. The number of esters is 1. The van der Waals surface area contributed by atoms with Crippen LogP contribution in [-0.2, 0) is 21.4 Å². The summed E-state index contributed by atoms with van der Waals surface area (Å²) in [5, 5.41) is 10.2. The number of aryl methyl sites for hydroxylation is 2. The topological polar surface area (TPSA) is 46.5 Å². The minimum absolute atomic E-state index is 0.138. The SMILES string of the molecule is [CH2]C(C)(C)OC(=O)CCc1cc(C)c(O)c(C(C)(C)C)c1. The van der Waals surface area contributed by atoms with Gasteiger partial charge in [-0.3, -0.25) is 4.79 Å². The van der Waals surface area contributed by atoms with E-state index in [2.05, 4.69) is 27.7 Å². The quantitative estimate of drug-likeness (QED) is 0.850. The molecule has 1 aromatic carbocycles. The van der Waals surface area contributed by atoms with E-state index in [1.807, 2.05) is 19.1 Å². The van der Waals surface area contributed by atoms with Crippen LogP contribution in [0.2, 0.25) is 0 Å². The Bertz CT molecular complexity index is 516. The van der Waals surface area contributed by atoms with E-state index in [1.165, 1.54) is 0 Å². The number of phenolic OH excluding ortho intramolecular Hbond substituents is 1. The zero-order valence-electron chi connectivity index (χ0n) is 14.0.